The zero-order chi connectivity index (χ0) is 10.7. The molecule has 0 saturated carbocycles. The van der Waals surface area contributed by atoms with Crippen molar-refractivity contribution in [3.8, 4) is 5.88 Å². The third kappa shape index (κ3) is 2.92. The third-order valence-electron chi connectivity index (χ3n) is 2.59. The van der Waals surface area contributed by atoms with Crippen molar-refractivity contribution in [1.82, 2.24) is 10.3 Å². The molecule has 0 bridgehead atoms. The number of nitrogens with zero attached hydrogens (tertiary/aromatic N) is 1. The molecule has 1 saturated heterocycles. The Balaban J connectivity index is 1.90. The zero-order valence-corrected chi connectivity index (χ0v) is 10.4. The van der Waals surface area contributed by atoms with Crippen molar-refractivity contribution in [1.29, 1.82) is 0 Å². The summed E-state index contributed by atoms with van der Waals surface area (Å²) in [7, 11) is 0. The van der Waals surface area contributed by atoms with E-state index in [1.807, 2.05) is 19.1 Å². The van der Waals surface area contributed by atoms with Crippen LogP contribution in [0.3, 0.4) is 0 Å². The lowest BCUT2D eigenvalue weighted by molar-refractivity contribution is 0.267. The van der Waals surface area contributed by atoms with E-state index in [-0.39, 0.29) is 0 Å². The van der Waals surface area contributed by atoms with Crippen molar-refractivity contribution in [3.63, 3.8) is 0 Å². The molecular formula is C11H15BrN2O. The molecule has 4 heteroatoms. The average molecular weight is 271 g/mol. The first-order valence-corrected chi connectivity index (χ1v) is 6.04. The van der Waals surface area contributed by atoms with Gasteiger partial charge in [0.15, 0.2) is 0 Å². The highest BCUT2D eigenvalue weighted by Crippen LogP contribution is 2.18. The van der Waals surface area contributed by atoms with Gasteiger partial charge in [0.2, 0.25) is 5.88 Å². The lowest BCUT2D eigenvalue weighted by Gasteiger charge is -2.11. The third-order valence-corrected chi connectivity index (χ3v) is 3.43. The number of hydrogen-bond donors (Lipinski definition) is 1. The molecule has 2 rings (SSSR count). The second-order valence-corrected chi connectivity index (χ2v) is 4.68. The monoisotopic (exact) mass is 270 g/mol. The van der Waals surface area contributed by atoms with Crippen molar-refractivity contribution in [2.45, 2.75) is 25.8 Å². The van der Waals surface area contributed by atoms with E-state index in [2.05, 4.69) is 26.2 Å². The molecule has 3 nitrogen and oxygen atoms in total. The first kappa shape index (κ1) is 10.9. The van der Waals surface area contributed by atoms with Crippen LogP contribution in [-0.2, 0) is 0 Å². The summed E-state index contributed by atoms with van der Waals surface area (Å²) < 4.78 is 6.65. The van der Waals surface area contributed by atoms with E-state index in [1.54, 1.807) is 0 Å². The van der Waals surface area contributed by atoms with Crippen LogP contribution < -0.4 is 10.1 Å². The Morgan fingerprint density at radius 3 is 3.13 bits per heavy atom. The van der Waals surface area contributed by atoms with Crippen molar-refractivity contribution < 1.29 is 4.74 Å². The first-order valence-electron chi connectivity index (χ1n) is 5.25. The van der Waals surface area contributed by atoms with Gasteiger partial charge < -0.3 is 10.1 Å². The van der Waals surface area contributed by atoms with Gasteiger partial charge >= 0.3 is 0 Å². The van der Waals surface area contributed by atoms with Crippen LogP contribution in [0, 0.1) is 6.92 Å². The van der Waals surface area contributed by atoms with E-state index in [0.29, 0.717) is 18.5 Å². The van der Waals surface area contributed by atoms with E-state index >= 15 is 0 Å². The Kier molecular flexibility index (Phi) is 3.59. The van der Waals surface area contributed by atoms with E-state index in [4.69, 9.17) is 4.74 Å². The van der Waals surface area contributed by atoms with Crippen LogP contribution in [0.1, 0.15) is 18.5 Å². The Bertz CT molecular complexity index is 337. The highest BCUT2D eigenvalue weighted by atomic mass is 79.9. The minimum absolute atomic E-state index is 0.496. The van der Waals surface area contributed by atoms with Gasteiger partial charge in [-0.1, -0.05) is 0 Å². The van der Waals surface area contributed by atoms with Crippen LogP contribution >= 0.6 is 15.9 Å². The fourth-order valence-electron chi connectivity index (χ4n) is 1.69. The predicted molar refractivity (Wildman–Crippen MR) is 63.2 cm³/mol. The number of rotatable bonds is 3. The number of aryl methyl sites for hydroxylation is 1. The topological polar surface area (TPSA) is 34.1 Å². The van der Waals surface area contributed by atoms with Crippen molar-refractivity contribution in [2.75, 3.05) is 13.2 Å². The smallest absolute Gasteiger partial charge is 0.213 e. The molecule has 0 radical (unpaired) electrons. The van der Waals surface area contributed by atoms with Gasteiger partial charge in [0.05, 0.1) is 5.69 Å². The van der Waals surface area contributed by atoms with E-state index in [9.17, 15) is 0 Å². The zero-order valence-electron chi connectivity index (χ0n) is 8.79. The summed E-state index contributed by atoms with van der Waals surface area (Å²) in [5, 5.41) is 3.39. The molecular weight excluding hydrogens is 256 g/mol. The van der Waals surface area contributed by atoms with Crippen LogP contribution in [0.25, 0.3) is 0 Å². The van der Waals surface area contributed by atoms with Gasteiger partial charge in [-0.25, -0.2) is 4.98 Å². The average Bonchev–Trinajstić information content (AvgIpc) is 2.73. The number of ether oxygens (including phenoxy) is 1. The molecule has 82 valence electrons. The molecule has 1 N–H and O–H groups in total. The number of nitrogens with one attached hydrogen (secondary N) is 1. The molecule has 0 aliphatic carbocycles. The summed E-state index contributed by atoms with van der Waals surface area (Å²) in [5.41, 5.74) is 0.965. The lowest BCUT2D eigenvalue weighted by atomic mass is 10.2. The maximum Gasteiger partial charge on any atom is 0.213 e. The van der Waals surface area contributed by atoms with Crippen molar-refractivity contribution in [3.05, 3.63) is 22.3 Å². The molecule has 1 fully saturated rings. The fraction of sp³-hybridized carbons (Fsp3) is 0.545. The van der Waals surface area contributed by atoms with Crippen LogP contribution in [0.15, 0.2) is 16.6 Å². The van der Waals surface area contributed by atoms with E-state index in [1.165, 1.54) is 12.8 Å². The van der Waals surface area contributed by atoms with Crippen LogP contribution in [0.5, 0.6) is 5.88 Å². The van der Waals surface area contributed by atoms with Crippen molar-refractivity contribution >= 4 is 15.9 Å². The minimum atomic E-state index is 0.496. The second-order valence-electron chi connectivity index (χ2n) is 3.82. The molecule has 1 unspecified atom stereocenters. The number of halogens is 1. The minimum Gasteiger partial charge on any atom is -0.476 e. The molecule has 1 aliphatic heterocycles. The largest absolute Gasteiger partial charge is 0.476 e. The van der Waals surface area contributed by atoms with Gasteiger partial charge in [0.1, 0.15) is 6.61 Å². The van der Waals surface area contributed by atoms with E-state index in [0.717, 1.165) is 16.7 Å². The number of aromatic nitrogens is 1. The van der Waals surface area contributed by atoms with Gasteiger partial charge in [-0.2, -0.15) is 0 Å². The summed E-state index contributed by atoms with van der Waals surface area (Å²) in [6.07, 6.45) is 2.45. The predicted octanol–water partition coefficient (Wildman–Crippen LogP) is 2.28. The van der Waals surface area contributed by atoms with Gasteiger partial charge in [0, 0.05) is 16.6 Å². The Morgan fingerprint density at radius 2 is 2.47 bits per heavy atom. The molecule has 1 atom stereocenters. The molecule has 1 aromatic heterocycles. The van der Waals surface area contributed by atoms with Gasteiger partial charge in [-0.15, -0.1) is 0 Å². The molecule has 1 aliphatic rings. The fourth-order valence-corrected chi connectivity index (χ4v) is 1.91. The van der Waals surface area contributed by atoms with Crippen LogP contribution in [-0.4, -0.2) is 24.2 Å². The molecule has 0 amide bonds. The number of hydrogen-bond acceptors (Lipinski definition) is 3. The maximum atomic E-state index is 5.63. The lowest BCUT2D eigenvalue weighted by Crippen LogP contribution is -2.28. The second kappa shape index (κ2) is 4.94. The summed E-state index contributed by atoms with van der Waals surface area (Å²) in [4.78, 5) is 4.34. The highest BCUT2D eigenvalue weighted by Gasteiger charge is 2.14. The Hall–Kier alpha value is -0.610. The molecule has 0 aromatic carbocycles. The quantitative estimate of drug-likeness (QED) is 0.915. The molecule has 1 aromatic rings. The van der Waals surface area contributed by atoms with Gasteiger partial charge in [-0.05, 0) is 48.3 Å². The molecule has 15 heavy (non-hydrogen) atoms. The van der Waals surface area contributed by atoms with Crippen molar-refractivity contribution in [2.24, 2.45) is 0 Å². The Morgan fingerprint density at radius 1 is 1.60 bits per heavy atom. The standard InChI is InChI=1S/C11H15BrN2O/c1-8-10(12)4-5-11(14-8)15-7-9-3-2-6-13-9/h4-5,9,13H,2-3,6-7H2,1H3. The van der Waals surface area contributed by atoms with Gasteiger partial charge in [-0.3, -0.25) is 0 Å². The first-order chi connectivity index (χ1) is 7.25. The summed E-state index contributed by atoms with van der Waals surface area (Å²) in [6.45, 7) is 3.79. The maximum absolute atomic E-state index is 5.63. The molecule has 2 heterocycles. The SMILES string of the molecule is Cc1nc(OCC2CCCN2)ccc1Br. The summed E-state index contributed by atoms with van der Waals surface area (Å²) >= 11 is 3.42. The van der Waals surface area contributed by atoms with Gasteiger partial charge in [0.25, 0.3) is 0 Å². The highest BCUT2D eigenvalue weighted by molar-refractivity contribution is 9.10. The summed E-state index contributed by atoms with van der Waals surface area (Å²) in [6, 6.07) is 4.36. The van der Waals surface area contributed by atoms with Crippen LogP contribution in [0.2, 0.25) is 0 Å². The van der Waals surface area contributed by atoms with Crippen LogP contribution in [0.4, 0.5) is 0 Å². The molecule has 0 spiro atoms. The Labute approximate surface area is 98.4 Å². The number of pyridine rings is 1. The van der Waals surface area contributed by atoms with E-state index < -0.39 is 0 Å². The summed E-state index contributed by atoms with van der Waals surface area (Å²) in [5.74, 6) is 0.712. The normalized spacial score (nSPS) is 20.5.